The van der Waals surface area contributed by atoms with Crippen molar-refractivity contribution in [3.8, 4) is 0 Å². The van der Waals surface area contributed by atoms with Gasteiger partial charge >= 0.3 is 0 Å². The molecule has 3 heterocycles. The molecular weight excluding hydrogens is 525 g/mol. The number of nitrogens with one attached hydrogen (secondary N) is 2. The average Bonchev–Trinajstić information content (AvgIpc) is 3.42. The maximum absolute atomic E-state index is 13.8. The Morgan fingerprint density at radius 2 is 1.85 bits per heavy atom. The van der Waals surface area contributed by atoms with E-state index >= 15 is 0 Å². The van der Waals surface area contributed by atoms with Gasteiger partial charge in [-0.05, 0) is 48.7 Å². The summed E-state index contributed by atoms with van der Waals surface area (Å²) in [4.78, 5) is 32.9. The summed E-state index contributed by atoms with van der Waals surface area (Å²) in [5, 5.41) is 7.79. The van der Waals surface area contributed by atoms with Crippen LogP contribution in [0.1, 0.15) is 45.7 Å². The molecule has 11 nitrogen and oxygen atoms in total. The fourth-order valence-electron chi connectivity index (χ4n) is 4.95. The van der Waals surface area contributed by atoms with Crippen molar-refractivity contribution < 1.29 is 17.6 Å². The number of aromatic nitrogens is 4. The number of fused-ring (bicyclic) bond motifs is 2. The number of amides is 1. The van der Waals surface area contributed by atoms with Gasteiger partial charge in [0.1, 0.15) is 5.82 Å². The van der Waals surface area contributed by atoms with Crippen LogP contribution in [-0.2, 0) is 37.2 Å². The van der Waals surface area contributed by atoms with E-state index in [1.807, 2.05) is 29.5 Å². The summed E-state index contributed by atoms with van der Waals surface area (Å²) in [6.45, 7) is 4.64. The average molecular weight is 554 g/mol. The highest BCUT2D eigenvalue weighted by molar-refractivity contribution is 7.89. The minimum atomic E-state index is -3.79. The molecular formula is C26H28FN7O4S. The van der Waals surface area contributed by atoms with Crippen molar-refractivity contribution >= 4 is 38.5 Å². The standard InChI is InChI=1S/C26H28FN7O4S/c1-14-8-19(15(2)28-21-13-32(3)30-23(21)24(35)31-39(5,37)38)22-20(9-14)25(36)33(4)26(29-22)34-11-16-6-7-18(27)10-17(16)12-34/h6-10,13,15,28H,11-12H2,1-5H3,(H,31,35)/t15-/m1/s1. The highest BCUT2D eigenvalue weighted by Gasteiger charge is 2.26. The zero-order chi connectivity index (χ0) is 28.2. The van der Waals surface area contributed by atoms with Gasteiger partial charge in [-0.3, -0.25) is 18.8 Å². The van der Waals surface area contributed by atoms with Crippen molar-refractivity contribution in [1.29, 1.82) is 0 Å². The van der Waals surface area contributed by atoms with Crippen LogP contribution in [0.15, 0.2) is 41.3 Å². The Hall–Kier alpha value is -4.26. The molecule has 0 saturated heterocycles. The van der Waals surface area contributed by atoms with E-state index in [0.29, 0.717) is 41.2 Å². The Balaban J connectivity index is 1.55. The minimum absolute atomic E-state index is 0.0849. The van der Waals surface area contributed by atoms with Crippen molar-refractivity contribution in [3.05, 3.63) is 80.6 Å². The normalized spacial score (nSPS) is 13.9. The Morgan fingerprint density at radius 3 is 2.56 bits per heavy atom. The molecule has 0 radical (unpaired) electrons. The monoisotopic (exact) mass is 553 g/mol. The Kier molecular flexibility index (Phi) is 6.41. The molecule has 1 aliphatic heterocycles. The highest BCUT2D eigenvalue weighted by Crippen LogP contribution is 2.31. The van der Waals surface area contributed by atoms with Gasteiger partial charge in [0, 0.05) is 38.9 Å². The fourth-order valence-corrected chi connectivity index (χ4v) is 5.38. The van der Waals surface area contributed by atoms with Gasteiger partial charge in [-0.15, -0.1) is 0 Å². The third kappa shape index (κ3) is 5.09. The van der Waals surface area contributed by atoms with Crippen molar-refractivity contribution in [1.82, 2.24) is 24.1 Å². The number of aryl methyl sites for hydroxylation is 2. The molecule has 2 N–H and O–H groups in total. The third-order valence-corrected chi connectivity index (χ3v) is 7.22. The van der Waals surface area contributed by atoms with Crippen LogP contribution in [0.3, 0.4) is 0 Å². The summed E-state index contributed by atoms with van der Waals surface area (Å²) in [5.41, 5.74) is 3.89. The van der Waals surface area contributed by atoms with Gasteiger partial charge < -0.3 is 10.2 Å². The van der Waals surface area contributed by atoms with Gasteiger partial charge in [0.05, 0.1) is 28.9 Å². The van der Waals surface area contributed by atoms with E-state index in [9.17, 15) is 22.4 Å². The number of halogens is 1. The number of benzene rings is 2. The minimum Gasteiger partial charge on any atom is -0.375 e. The lowest BCUT2D eigenvalue weighted by molar-refractivity contribution is 0.0977. The molecule has 0 bridgehead atoms. The molecule has 5 rings (SSSR count). The van der Waals surface area contributed by atoms with E-state index in [4.69, 9.17) is 4.98 Å². The van der Waals surface area contributed by atoms with Gasteiger partial charge in [0.25, 0.3) is 11.5 Å². The summed E-state index contributed by atoms with van der Waals surface area (Å²) < 4.78 is 41.8. The summed E-state index contributed by atoms with van der Waals surface area (Å²) in [6.07, 6.45) is 2.46. The number of rotatable bonds is 6. The van der Waals surface area contributed by atoms with E-state index in [1.165, 1.54) is 21.4 Å². The van der Waals surface area contributed by atoms with Crippen LogP contribution in [0.5, 0.6) is 0 Å². The molecule has 1 amide bonds. The first-order valence-electron chi connectivity index (χ1n) is 12.2. The SMILES string of the molecule is Cc1cc([C@@H](C)Nc2cn(C)nc2C(=O)NS(C)(=O)=O)c2nc(N3Cc4ccc(F)cc4C3)n(C)c(=O)c2c1. The second-order valence-corrected chi connectivity index (χ2v) is 11.7. The van der Waals surface area contributed by atoms with Gasteiger partial charge in [-0.2, -0.15) is 5.10 Å². The van der Waals surface area contributed by atoms with E-state index in [2.05, 4.69) is 10.4 Å². The van der Waals surface area contributed by atoms with Gasteiger partial charge in [0.2, 0.25) is 16.0 Å². The quantitative estimate of drug-likeness (QED) is 0.372. The van der Waals surface area contributed by atoms with Gasteiger partial charge in [0.15, 0.2) is 5.69 Å². The van der Waals surface area contributed by atoms with E-state index in [1.54, 1.807) is 32.4 Å². The Labute approximate surface area is 224 Å². The number of hydrogen-bond donors (Lipinski definition) is 2. The fraction of sp³-hybridized carbons (Fsp3) is 0.308. The molecule has 1 aliphatic rings. The smallest absolute Gasteiger partial charge is 0.287 e. The van der Waals surface area contributed by atoms with E-state index in [-0.39, 0.29) is 17.1 Å². The molecule has 204 valence electrons. The largest absolute Gasteiger partial charge is 0.375 e. The van der Waals surface area contributed by atoms with Crippen LogP contribution in [0.2, 0.25) is 0 Å². The first-order chi connectivity index (χ1) is 18.3. The van der Waals surface area contributed by atoms with Crippen molar-refractivity contribution in [2.24, 2.45) is 14.1 Å². The summed E-state index contributed by atoms with van der Waals surface area (Å²) in [5.74, 6) is -0.717. The zero-order valence-electron chi connectivity index (χ0n) is 22.1. The molecule has 0 spiro atoms. The number of carbonyl (C=O) groups is 1. The topological polar surface area (TPSA) is 131 Å². The van der Waals surface area contributed by atoms with Crippen LogP contribution in [0.4, 0.5) is 16.0 Å². The molecule has 2 aromatic heterocycles. The number of nitrogens with zero attached hydrogens (tertiary/aromatic N) is 5. The molecule has 0 fully saturated rings. The molecule has 0 saturated carbocycles. The number of hydrogen-bond acceptors (Lipinski definition) is 8. The molecule has 39 heavy (non-hydrogen) atoms. The second kappa shape index (κ2) is 9.49. The molecule has 0 unspecified atom stereocenters. The number of sulfonamides is 1. The first kappa shape index (κ1) is 26.4. The lowest BCUT2D eigenvalue weighted by Gasteiger charge is -2.22. The predicted octanol–water partition coefficient (Wildman–Crippen LogP) is 2.50. The first-order valence-corrected chi connectivity index (χ1v) is 14.1. The van der Waals surface area contributed by atoms with E-state index < -0.39 is 22.0 Å². The molecule has 2 aromatic carbocycles. The Morgan fingerprint density at radius 1 is 1.13 bits per heavy atom. The number of carbonyl (C=O) groups excluding carboxylic acids is 1. The van der Waals surface area contributed by atoms with Crippen molar-refractivity contribution in [2.75, 3.05) is 16.5 Å². The van der Waals surface area contributed by atoms with Crippen LogP contribution in [-0.4, -0.2) is 39.9 Å². The highest BCUT2D eigenvalue weighted by atomic mass is 32.2. The molecule has 0 aliphatic carbocycles. The summed E-state index contributed by atoms with van der Waals surface area (Å²) in [6, 6.07) is 7.92. The van der Waals surface area contributed by atoms with Crippen LogP contribution in [0.25, 0.3) is 10.9 Å². The van der Waals surface area contributed by atoms with Gasteiger partial charge in [-0.25, -0.2) is 22.5 Å². The number of anilines is 2. The summed E-state index contributed by atoms with van der Waals surface area (Å²) >= 11 is 0. The van der Waals surface area contributed by atoms with Crippen LogP contribution < -0.4 is 20.5 Å². The molecule has 1 atom stereocenters. The summed E-state index contributed by atoms with van der Waals surface area (Å²) in [7, 11) is -0.503. The molecule has 13 heteroatoms. The second-order valence-electron chi connectivity index (χ2n) is 9.93. The lowest BCUT2D eigenvalue weighted by Crippen LogP contribution is -2.30. The van der Waals surface area contributed by atoms with Gasteiger partial charge in [-0.1, -0.05) is 12.1 Å². The predicted molar refractivity (Wildman–Crippen MR) is 146 cm³/mol. The third-order valence-electron chi connectivity index (χ3n) is 6.66. The maximum Gasteiger partial charge on any atom is 0.287 e. The zero-order valence-corrected chi connectivity index (χ0v) is 22.9. The van der Waals surface area contributed by atoms with Crippen LogP contribution in [0, 0.1) is 12.7 Å². The maximum atomic E-state index is 13.8. The molecule has 4 aromatic rings. The van der Waals surface area contributed by atoms with Crippen LogP contribution >= 0.6 is 0 Å². The van der Waals surface area contributed by atoms with Crippen molar-refractivity contribution in [2.45, 2.75) is 33.0 Å². The van der Waals surface area contributed by atoms with E-state index in [0.717, 1.165) is 22.9 Å². The lowest BCUT2D eigenvalue weighted by atomic mass is 10.0. The Bertz CT molecular complexity index is 1810. The van der Waals surface area contributed by atoms with Crippen molar-refractivity contribution in [3.63, 3.8) is 0 Å².